The van der Waals surface area contributed by atoms with Crippen molar-refractivity contribution >= 4 is 19.5 Å². The van der Waals surface area contributed by atoms with Gasteiger partial charge < -0.3 is 10.00 Å². The molecule has 3 N–H and O–H groups in total. The van der Waals surface area contributed by atoms with E-state index in [1.54, 1.807) is 6.92 Å². The van der Waals surface area contributed by atoms with Crippen LogP contribution < -0.4 is 5.09 Å². The highest BCUT2D eigenvalue weighted by Crippen LogP contribution is 2.38. The standard InChI is InChI=1S/C19H29N2O5P/c1-15-9-8-13-21(15,19(23)24)18(22)16(2)20-27(25,26)14-7-6-12-17-10-4-3-5-11-17/h3-5,10-11,15-16H,6-9,12-14H2,1-2H3,(H2-,20,23,24,25,26)/p+1/t15-,16+,21?/m1/s1. The van der Waals surface area contributed by atoms with Crippen LogP contribution in [0.4, 0.5) is 4.79 Å². The Morgan fingerprint density at radius 1 is 1.30 bits per heavy atom. The molecule has 7 nitrogen and oxygen atoms in total. The van der Waals surface area contributed by atoms with E-state index in [2.05, 4.69) is 5.09 Å². The molecule has 1 fully saturated rings. The molecule has 8 heteroatoms. The van der Waals surface area contributed by atoms with Crippen molar-refractivity contribution in [2.45, 2.75) is 58.0 Å². The van der Waals surface area contributed by atoms with Gasteiger partial charge in [0.15, 0.2) is 0 Å². The highest BCUT2D eigenvalue weighted by Gasteiger charge is 2.54. The van der Waals surface area contributed by atoms with Crippen LogP contribution in [-0.4, -0.2) is 51.3 Å². The largest absolute Gasteiger partial charge is 0.521 e. The van der Waals surface area contributed by atoms with Crippen LogP contribution >= 0.6 is 7.52 Å². The van der Waals surface area contributed by atoms with Gasteiger partial charge in [0.25, 0.3) is 7.52 Å². The van der Waals surface area contributed by atoms with Gasteiger partial charge in [-0.2, -0.15) is 9.28 Å². The summed E-state index contributed by atoms with van der Waals surface area (Å²) < 4.78 is 11.8. The molecule has 1 aromatic carbocycles. The molecule has 1 aliphatic rings. The lowest BCUT2D eigenvalue weighted by Crippen LogP contribution is -2.63. The normalized spacial score (nSPS) is 25.7. The maximum absolute atomic E-state index is 12.8. The van der Waals surface area contributed by atoms with Crippen LogP contribution in [0.2, 0.25) is 0 Å². The third-order valence-corrected chi connectivity index (χ3v) is 7.12. The number of unbranched alkanes of at least 4 members (excludes halogenated alkanes) is 1. The molecule has 2 rings (SSSR count). The lowest BCUT2D eigenvalue weighted by atomic mass is 10.1. The molecule has 27 heavy (non-hydrogen) atoms. The quantitative estimate of drug-likeness (QED) is 0.353. The minimum atomic E-state index is -3.72. The highest BCUT2D eigenvalue weighted by atomic mass is 31.2. The van der Waals surface area contributed by atoms with Gasteiger partial charge in [-0.1, -0.05) is 30.3 Å². The second-order valence-electron chi connectivity index (χ2n) is 7.42. The van der Waals surface area contributed by atoms with Crippen LogP contribution in [0.15, 0.2) is 30.3 Å². The Morgan fingerprint density at radius 2 is 1.96 bits per heavy atom. The van der Waals surface area contributed by atoms with Gasteiger partial charge in [0, 0.05) is 19.0 Å². The number of likely N-dealkylation sites (tertiary alicyclic amines) is 1. The number of nitrogens with one attached hydrogen (secondary N) is 1. The van der Waals surface area contributed by atoms with Crippen molar-refractivity contribution in [3.8, 4) is 0 Å². The fourth-order valence-electron chi connectivity index (χ4n) is 3.85. The van der Waals surface area contributed by atoms with Gasteiger partial charge in [-0.15, -0.1) is 0 Å². The molecular formula is C19H30N2O5P+. The number of nitrogens with zero attached hydrogens (tertiary/aromatic N) is 1. The number of rotatable bonds is 8. The van der Waals surface area contributed by atoms with E-state index in [0.717, 1.165) is 12.8 Å². The maximum Gasteiger partial charge on any atom is 0.521 e. The van der Waals surface area contributed by atoms with E-state index in [4.69, 9.17) is 0 Å². The summed E-state index contributed by atoms with van der Waals surface area (Å²) in [5.74, 6) is -0.550. The Kier molecular flexibility index (Phi) is 7.34. The molecule has 0 bridgehead atoms. The number of hydrogen-bond donors (Lipinski definition) is 3. The van der Waals surface area contributed by atoms with E-state index in [1.165, 1.54) is 12.5 Å². The van der Waals surface area contributed by atoms with Crippen molar-refractivity contribution in [1.82, 2.24) is 5.09 Å². The molecule has 1 heterocycles. The van der Waals surface area contributed by atoms with Gasteiger partial charge in [0.2, 0.25) is 0 Å². The van der Waals surface area contributed by atoms with Crippen LogP contribution in [0.1, 0.15) is 45.1 Å². The minimum Gasteiger partial charge on any atom is -0.435 e. The van der Waals surface area contributed by atoms with Gasteiger partial charge >= 0.3 is 12.0 Å². The van der Waals surface area contributed by atoms with Gasteiger partial charge in [-0.05, 0) is 38.7 Å². The summed E-state index contributed by atoms with van der Waals surface area (Å²) in [6, 6.07) is 8.58. The van der Waals surface area contributed by atoms with E-state index in [-0.39, 0.29) is 18.7 Å². The van der Waals surface area contributed by atoms with Gasteiger partial charge in [0.05, 0.1) is 6.54 Å². The van der Waals surface area contributed by atoms with E-state index in [9.17, 15) is 24.2 Å². The average molecular weight is 397 g/mol. The van der Waals surface area contributed by atoms with Crippen LogP contribution in [-0.2, 0) is 15.8 Å². The second kappa shape index (κ2) is 9.11. The fourth-order valence-corrected chi connectivity index (χ4v) is 5.35. The maximum atomic E-state index is 12.8. The zero-order chi connectivity index (χ0) is 20.1. The number of amides is 2. The molecule has 1 saturated heterocycles. The Bertz CT molecular complexity index is 711. The predicted octanol–water partition coefficient (Wildman–Crippen LogP) is 3.38. The first-order valence-corrected chi connectivity index (χ1v) is 11.3. The highest BCUT2D eigenvalue weighted by molar-refractivity contribution is 7.55. The number of carbonyl (C=O) groups excluding carboxylic acids is 1. The molecule has 2 amide bonds. The number of hydrogen-bond acceptors (Lipinski definition) is 3. The summed E-state index contributed by atoms with van der Waals surface area (Å²) in [4.78, 5) is 34.8. The number of carboxylic acid groups (broad SMARTS) is 1. The monoisotopic (exact) mass is 397 g/mol. The van der Waals surface area contributed by atoms with Crippen molar-refractivity contribution in [2.75, 3.05) is 12.7 Å². The Morgan fingerprint density at radius 3 is 2.52 bits per heavy atom. The van der Waals surface area contributed by atoms with E-state index in [0.29, 0.717) is 19.3 Å². The number of quaternary nitrogens is 1. The van der Waals surface area contributed by atoms with Gasteiger partial charge in [-0.3, -0.25) is 4.57 Å². The predicted molar refractivity (Wildman–Crippen MR) is 104 cm³/mol. The topological polar surface area (TPSA) is 104 Å². The Balaban J connectivity index is 1.89. The molecule has 1 aliphatic heterocycles. The van der Waals surface area contributed by atoms with Gasteiger partial charge in [-0.25, -0.2) is 9.88 Å². The Hall–Kier alpha value is -1.53. The summed E-state index contributed by atoms with van der Waals surface area (Å²) in [5.41, 5.74) is 1.18. The number of benzene rings is 1. The lowest BCUT2D eigenvalue weighted by Gasteiger charge is -2.32. The zero-order valence-electron chi connectivity index (χ0n) is 16.0. The van der Waals surface area contributed by atoms with Crippen LogP contribution in [0, 0.1) is 0 Å². The number of aryl methyl sites for hydroxylation is 1. The van der Waals surface area contributed by atoms with Crippen molar-refractivity contribution in [3.63, 3.8) is 0 Å². The molecule has 0 spiro atoms. The summed E-state index contributed by atoms with van der Waals surface area (Å²) in [5, 5.41) is 12.1. The molecule has 0 radical (unpaired) electrons. The lowest BCUT2D eigenvalue weighted by molar-refractivity contribution is -0.792. The third kappa shape index (κ3) is 5.26. The van der Waals surface area contributed by atoms with E-state index < -0.39 is 30.0 Å². The first-order valence-electron chi connectivity index (χ1n) is 9.48. The summed E-state index contributed by atoms with van der Waals surface area (Å²) in [6.45, 7) is 3.45. The summed E-state index contributed by atoms with van der Waals surface area (Å²) in [7, 11) is -3.72. The first-order chi connectivity index (χ1) is 12.7. The zero-order valence-corrected chi connectivity index (χ0v) is 16.9. The molecule has 2 unspecified atom stereocenters. The van der Waals surface area contributed by atoms with E-state index >= 15 is 0 Å². The minimum absolute atomic E-state index is 0.0556. The first kappa shape index (κ1) is 21.8. The molecule has 150 valence electrons. The fraction of sp³-hybridized carbons (Fsp3) is 0.579. The molecule has 0 saturated carbocycles. The van der Waals surface area contributed by atoms with Crippen LogP contribution in [0.3, 0.4) is 0 Å². The van der Waals surface area contributed by atoms with E-state index in [1.807, 2.05) is 30.3 Å². The molecule has 4 atom stereocenters. The second-order valence-corrected chi connectivity index (χ2v) is 9.53. The molecule has 1 aromatic rings. The van der Waals surface area contributed by atoms with Crippen LogP contribution in [0.5, 0.6) is 0 Å². The molecule has 0 aromatic heterocycles. The molecular weight excluding hydrogens is 367 g/mol. The SMILES string of the molecule is C[C@H](NP(=O)(O)CCCCc1ccccc1)C(=O)[N+]1(C(=O)O)CCC[C@H]1C. The van der Waals surface area contributed by atoms with Crippen molar-refractivity contribution in [3.05, 3.63) is 35.9 Å². The van der Waals surface area contributed by atoms with Crippen molar-refractivity contribution < 1.29 is 28.6 Å². The summed E-state index contributed by atoms with van der Waals surface area (Å²) in [6.07, 6.45) is 2.32. The summed E-state index contributed by atoms with van der Waals surface area (Å²) >= 11 is 0. The third-order valence-electron chi connectivity index (χ3n) is 5.41. The molecule has 0 aliphatic carbocycles. The smallest absolute Gasteiger partial charge is 0.435 e. The van der Waals surface area contributed by atoms with Crippen molar-refractivity contribution in [2.24, 2.45) is 0 Å². The van der Waals surface area contributed by atoms with Crippen molar-refractivity contribution in [1.29, 1.82) is 0 Å². The Labute approximate surface area is 160 Å². The number of carbonyl (C=O) groups is 2. The average Bonchev–Trinajstić information content (AvgIpc) is 3.01. The van der Waals surface area contributed by atoms with Gasteiger partial charge in [0.1, 0.15) is 12.1 Å². The number of imide groups is 1. The van der Waals surface area contributed by atoms with Crippen LogP contribution in [0.25, 0.3) is 0 Å².